The van der Waals surface area contributed by atoms with Gasteiger partial charge in [0.25, 0.3) is 0 Å². The molecule has 1 unspecified atom stereocenters. The van der Waals surface area contributed by atoms with E-state index in [1.807, 2.05) is 25.2 Å². The molecule has 1 atom stereocenters. The fourth-order valence-corrected chi connectivity index (χ4v) is 3.69. The smallest absolute Gasteiger partial charge is 0.225 e. The Morgan fingerprint density at radius 1 is 1.06 bits per heavy atom. The molecule has 0 spiro atoms. The van der Waals surface area contributed by atoms with Crippen LogP contribution in [0.25, 0.3) is 0 Å². The molecule has 1 aliphatic rings. The molecule has 0 aliphatic carbocycles. The van der Waals surface area contributed by atoms with Gasteiger partial charge in [-0.1, -0.05) is 19.1 Å². The average molecular weight is 553 g/mol. The lowest BCUT2D eigenvalue weighted by Crippen LogP contribution is -2.49. The molecular formula is C23H36IN7O. The van der Waals surface area contributed by atoms with Crippen LogP contribution in [0.3, 0.4) is 0 Å². The number of aliphatic imine (C=N–C) groups is 1. The Labute approximate surface area is 208 Å². The van der Waals surface area contributed by atoms with Crippen molar-refractivity contribution in [1.29, 1.82) is 0 Å². The molecule has 2 aromatic rings. The molecule has 3 rings (SSSR count). The second kappa shape index (κ2) is 14.1. The lowest BCUT2D eigenvalue weighted by molar-refractivity contribution is 0.260. The third kappa shape index (κ3) is 8.09. The van der Waals surface area contributed by atoms with Gasteiger partial charge < -0.3 is 20.3 Å². The maximum absolute atomic E-state index is 5.24. The zero-order valence-corrected chi connectivity index (χ0v) is 21.7. The van der Waals surface area contributed by atoms with Gasteiger partial charge in [0.15, 0.2) is 5.96 Å². The summed E-state index contributed by atoms with van der Waals surface area (Å²) in [6, 6.07) is 10.2. The molecule has 2 N–H and O–H groups in total. The van der Waals surface area contributed by atoms with Gasteiger partial charge >= 0.3 is 0 Å². The first-order chi connectivity index (χ1) is 15.2. The number of halogens is 1. The summed E-state index contributed by atoms with van der Waals surface area (Å²) in [5, 5.41) is 6.86. The molecule has 0 saturated carbocycles. The molecule has 1 aromatic heterocycles. The molecular weight excluding hydrogens is 517 g/mol. The van der Waals surface area contributed by atoms with Crippen LogP contribution < -0.4 is 20.3 Å². The van der Waals surface area contributed by atoms with Gasteiger partial charge in [-0.2, -0.15) is 0 Å². The highest BCUT2D eigenvalue weighted by Crippen LogP contribution is 2.21. The van der Waals surface area contributed by atoms with Crippen molar-refractivity contribution in [3.63, 3.8) is 0 Å². The van der Waals surface area contributed by atoms with Crippen LogP contribution in [-0.2, 0) is 0 Å². The van der Waals surface area contributed by atoms with Crippen LogP contribution in [0, 0.1) is 0 Å². The van der Waals surface area contributed by atoms with Crippen molar-refractivity contribution >= 4 is 35.9 Å². The molecule has 2 heterocycles. The number of nitrogens with one attached hydrogen (secondary N) is 2. The number of rotatable bonds is 9. The highest BCUT2D eigenvalue weighted by molar-refractivity contribution is 14.0. The number of benzene rings is 1. The average Bonchev–Trinajstić information content (AvgIpc) is 2.84. The van der Waals surface area contributed by atoms with E-state index in [1.165, 1.54) is 5.56 Å². The van der Waals surface area contributed by atoms with E-state index in [9.17, 15) is 0 Å². The van der Waals surface area contributed by atoms with E-state index in [4.69, 9.17) is 4.74 Å². The number of ether oxygens (including phenoxy) is 1. The molecule has 9 heteroatoms. The van der Waals surface area contributed by atoms with Crippen molar-refractivity contribution in [2.45, 2.75) is 19.3 Å². The summed E-state index contributed by atoms with van der Waals surface area (Å²) >= 11 is 0. The van der Waals surface area contributed by atoms with E-state index in [0.717, 1.165) is 69.9 Å². The van der Waals surface area contributed by atoms with E-state index < -0.39 is 0 Å². The van der Waals surface area contributed by atoms with E-state index in [1.54, 1.807) is 19.5 Å². The van der Waals surface area contributed by atoms with Crippen LogP contribution in [0.2, 0.25) is 0 Å². The van der Waals surface area contributed by atoms with Crippen LogP contribution in [0.1, 0.15) is 24.8 Å². The predicted molar refractivity (Wildman–Crippen MR) is 141 cm³/mol. The minimum absolute atomic E-state index is 0. The van der Waals surface area contributed by atoms with Gasteiger partial charge in [-0.3, -0.25) is 9.89 Å². The first kappa shape index (κ1) is 26.1. The number of guanidine groups is 1. The van der Waals surface area contributed by atoms with Crippen molar-refractivity contribution in [2.75, 3.05) is 64.9 Å². The first-order valence-electron chi connectivity index (χ1n) is 11.0. The molecule has 0 radical (unpaired) electrons. The van der Waals surface area contributed by atoms with Gasteiger partial charge in [-0.25, -0.2) is 9.97 Å². The van der Waals surface area contributed by atoms with Gasteiger partial charge in [0.1, 0.15) is 5.75 Å². The summed E-state index contributed by atoms with van der Waals surface area (Å²) in [6.45, 7) is 8.95. The Kier molecular flexibility index (Phi) is 11.5. The zero-order valence-electron chi connectivity index (χ0n) is 19.3. The largest absolute Gasteiger partial charge is 0.497 e. The SMILES string of the molecule is CN=C(NCCC(C)c1ccc(OC)cc1)NCCN1CCN(c2ncccn2)CC1.I. The van der Waals surface area contributed by atoms with Gasteiger partial charge in [0.2, 0.25) is 5.95 Å². The monoisotopic (exact) mass is 553 g/mol. The molecule has 1 fully saturated rings. The maximum Gasteiger partial charge on any atom is 0.225 e. The number of methoxy groups -OCH3 is 1. The van der Waals surface area contributed by atoms with Crippen molar-refractivity contribution in [1.82, 2.24) is 25.5 Å². The Morgan fingerprint density at radius 2 is 1.72 bits per heavy atom. The standard InChI is InChI=1S/C23H35N7O.HI/c1-19(20-5-7-21(31-3)8-6-20)9-12-25-22(24-2)26-13-14-29-15-17-30(18-16-29)23-27-10-4-11-28-23;/h4-8,10-11,19H,9,12-18H2,1-3H3,(H2,24,25,26);1H. The van der Waals surface area contributed by atoms with Crippen LogP contribution in [0.5, 0.6) is 5.75 Å². The maximum atomic E-state index is 5.24. The normalized spacial score (nSPS) is 15.6. The summed E-state index contributed by atoms with van der Waals surface area (Å²) in [6.07, 6.45) is 4.64. The Morgan fingerprint density at radius 3 is 2.34 bits per heavy atom. The summed E-state index contributed by atoms with van der Waals surface area (Å²) < 4.78 is 5.24. The number of anilines is 1. The highest BCUT2D eigenvalue weighted by atomic mass is 127. The third-order valence-corrected chi connectivity index (χ3v) is 5.71. The molecule has 1 aromatic carbocycles. The van der Waals surface area contributed by atoms with E-state index >= 15 is 0 Å². The van der Waals surface area contributed by atoms with Gasteiger partial charge in [0, 0.05) is 65.3 Å². The minimum Gasteiger partial charge on any atom is -0.497 e. The van der Waals surface area contributed by atoms with Gasteiger partial charge in [-0.05, 0) is 36.1 Å². The molecule has 176 valence electrons. The van der Waals surface area contributed by atoms with Crippen molar-refractivity contribution < 1.29 is 4.74 Å². The van der Waals surface area contributed by atoms with Crippen LogP contribution in [0.4, 0.5) is 5.95 Å². The molecule has 32 heavy (non-hydrogen) atoms. The third-order valence-electron chi connectivity index (χ3n) is 5.71. The van der Waals surface area contributed by atoms with E-state index in [2.05, 4.69) is 54.5 Å². The van der Waals surface area contributed by atoms with Crippen LogP contribution in [0.15, 0.2) is 47.7 Å². The Hall–Kier alpha value is -2.14. The number of nitrogens with zero attached hydrogens (tertiary/aromatic N) is 5. The second-order valence-corrected chi connectivity index (χ2v) is 7.77. The summed E-state index contributed by atoms with van der Waals surface area (Å²) in [7, 11) is 3.52. The van der Waals surface area contributed by atoms with E-state index in [-0.39, 0.29) is 24.0 Å². The lowest BCUT2D eigenvalue weighted by atomic mass is 9.98. The molecule has 8 nitrogen and oxygen atoms in total. The molecule has 1 saturated heterocycles. The zero-order chi connectivity index (χ0) is 21.9. The van der Waals surface area contributed by atoms with Crippen LogP contribution >= 0.6 is 24.0 Å². The lowest BCUT2D eigenvalue weighted by Gasteiger charge is -2.34. The fraction of sp³-hybridized carbons (Fsp3) is 0.522. The van der Waals surface area contributed by atoms with Crippen LogP contribution in [-0.4, -0.2) is 80.8 Å². The van der Waals surface area contributed by atoms with Crippen molar-refractivity contribution in [2.24, 2.45) is 4.99 Å². The summed E-state index contributed by atoms with van der Waals surface area (Å²) in [4.78, 5) is 17.7. The topological polar surface area (TPSA) is 77.9 Å². The predicted octanol–water partition coefficient (Wildman–Crippen LogP) is 2.58. The number of aromatic nitrogens is 2. The Balaban J connectivity index is 0.00000363. The van der Waals surface area contributed by atoms with Gasteiger partial charge in [0.05, 0.1) is 7.11 Å². The molecule has 1 aliphatic heterocycles. The molecule has 0 bridgehead atoms. The minimum atomic E-state index is 0. The highest BCUT2D eigenvalue weighted by Gasteiger charge is 2.18. The number of piperazine rings is 1. The van der Waals surface area contributed by atoms with Gasteiger partial charge in [-0.15, -0.1) is 24.0 Å². The van der Waals surface area contributed by atoms with Crippen molar-refractivity contribution in [3.8, 4) is 5.75 Å². The number of hydrogen-bond donors (Lipinski definition) is 2. The summed E-state index contributed by atoms with van der Waals surface area (Å²) in [5.41, 5.74) is 1.32. The number of hydrogen-bond acceptors (Lipinski definition) is 6. The second-order valence-electron chi connectivity index (χ2n) is 7.77. The van der Waals surface area contributed by atoms with Crippen molar-refractivity contribution in [3.05, 3.63) is 48.3 Å². The molecule has 0 amide bonds. The van der Waals surface area contributed by atoms with E-state index in [0.29, 0.717) is 5.92 Å². The Bertz CT molecular complexity index is 796. The quantitative estimate of drug-likeness (QED) is 0.281. The fourth-order valence-electron chi connectivity index (χ4n) is 3.69. The first-order valence-corrected chi connectivity index (χ1v) is 11.0. The summed E-state index contributed by atoms with van der Waals surface area (Å²) in [5.74, 6) is 3.06.